The van der Waals surface area contributed by atoms with Gasteiger partial charge in [-0.15, -0.1) is 0 Å². The van der Waals surface area contributed by atoms with Crippen molar-refractivity contribution < 1.29 is 14.6 Å². The van der Waals surface area contributed by atoms with Gasteiger partial charge in [-0.1, -0.05) is 43.5 Å². The second-order valence-corrected chi connectivity index (χ2v) is 5.65. The van der Waals surface area contributed by atoms with Crippen molar-refractivity contribution in [3.8, 4) is 5.75 Å². The van der Waals surface area contributed by atoms with Crippen molar-refractivity contribution in [2.45, 2.75) is 38.6 Å². The number of amides is 1. The zero-order valence-electron chi connectivity index (χ0n) is 13.0. The topological polar surface area (TPSA) is 58.6 Å². The summed E-state index contributed by atoms with van der Waals surface area (Å²) < 4.78 is 5.45. The molecular weight excluding hydrogens is 278 g/mol. The number of nitrogens with one attached hydrogen (secondary N) is 1. The summed E-state index contributed by atoms with van der Waals surface area (Å²) in [5, 5.41) is 11.7. The Hall–Kier alpha value is -1.81. The lowest BCUT2D eigenvalue weighted by Crippen LogP contribution is -2.21. The first-order valence-corrected chi connectivity index (χ1v) is 8.07. The van der Waals surface area contributed by atoms with Crippen LogP contribution in [0.15, 0.2) is 36.4 Å². The summed E-state index contributed by atoms with van der Waals surface area (Å²) in [5.41, 5.74) is 0.912. The van der Waals surface area contributed by atoms with Crippen LogP contribution in [0.2, 0.25) is 0 Å². The number of para-hydroxylation sites is 1. The minimum absolute atomic E-state index is 0.0230. The van der Waals surface area contributed by atoms with Crippen LogP contribution in [0.1, 0.15) is 37.7 Å². The largest absolute Gasteiger partial charge is 0.491 e. The van der Waals surface area contributed by atoms with Crippen LogP contribution in [0.4, 0.5) is 0 Å². The van der Waals surface area contributed by atoms with Gasteiger partial charge >= 0.3 is 0 Å². The van der Waals surface area contributed by atoms with Gasteiger partial charge in [-0.05, 0) is 30.9 Å². The molecule has 1 fully saturated rings. The first-order chi connectivity index (χ1) is 10.8. The maximum atomic E-state index is 11.9. The van der Waals surface area contributed by atoms with Crippen molar-refractivity contribution in [1.82, 2.24) is 5.32 Å². The molecule has 0 radical (unpaired) electrons. The highest BCUT2D eigenvalue weighted by Crippen LogP contribution is 2.24. The Morgan fingerprint density at radius 1 is 1.27 bits per heavy atom. The number of carbonyl (C=O) groups excluding carboxylic acids is 1. The molecule has 0 unspecified atom stereocenters. The van der Waals surface area contributed by atoms with E-state index >= 15 is 0 Å². The smallest absolute Gasteiger partial charge is 0.243 e. The average Bonchev–Trinajstić information content (AvgIpc) is 2.58. The maximum absolute atomic E-state index is 11.9. The third-order valence-corrected chi connectivity index (χ3v) is 3.94. The first kappa shape index (κ1) is 16.6. The first-order valence-electron chi connectivity index (χ1n) is 8.07. The molecule has 0 atom stereocenters. The number of allylic oxidation sites excluding steroid dienone is 1. The second kappa shape index (κ2) is 9.26. The zero-order chi connectivity index (χ0) is 15.6. The summed E-state index contributed by atoms with van der Waals surface area (Å²) in [6.07, 6.45) is 9.96. The minimum atomic E-state index is -0.0671. The normalized spacial score (nSPS) is 15.9. The van der Waals surface area contributed by atoms with Crippen molar-refractivity contribution >= 4 is 5.91 Å². The van der Waals surface area contributed by atoms with Crippen molar-refractivity contribution in [3.05, 3.63) is 42.0 Å². The van der Waals surface area contributed by atoms with Crippen LogP contribution < -0.4 is 10.1 Å². The number of ether oxygens (including phenoxy) is 1. The highest BCUT2D eigenvalue weighted by molar-refractivity contribution is 5.87. The molecular formula is C18H25NO3. The third-order valence-electron chi connectivity index (χ3n) is 3.94. The Morgan fingerprint density at radius 2 is 2.05 bits per heavy atom. The van der Waals surface area contributed by atoms with Gasteiger partial charge in [0.1, 0.15) is 12.4 Å². The highest BCUT2D eigenvalue weighted by Gasteiger charge is 2.10. The monoisotopic (exact) mass is 303 g/mol. The predicted molar refractivity (Wildman–Crippen MR) is 86.6 cm³/mol. The Balaban J connectivity index is 1.81. The van der Waals surface area contributed by atoms with E-state index in [1.807, 2.05) is 30.3 Å². The molecule has 1 saturated carbocycles. The molecule has 0 bridgehead atoms. The summed E-state index contributed by atoms with van der Waals surface area (Å²) in [5.74, 6) is 1.19. The molecule has 22 heavy (non-hydrogen) atoms. The second-order valence-electron chi connectivity index (χ2n) is 5.65. The van der Waals surface area contributed by atoms with Gasteiger partial charge < -0.3 is 15.2 Å². The number of hydrogen-bond donors (Lipinski definition) is 2. The van der Waals surface area contributed by atoms with E-state index in [-0.39, 0.29) is 19.1 Å². The van der Waals surface area contributed by atoms with Crippen LogP contribution in [-0.2, 0) is 11.3 Å². The van der Waals surface area contributed by atoms with Crippen LogP contribution >= 0.6 is 0 Å². The molecule has 1 aromatic carbocycles. The summed E-state index contributed by atoms with van der Waals surface area (Å²) in [7, 11) is 0. The summed E-state index contributed by atoms with van der Waals surface area (Å²) in [6.45, 7) is 0.660. The van der Waals surface area contributed by atoms with E-state index in [1.54, 1.807) is 6.08 Å². The van der Waals surface area contributed by atoms with Gasteiger partial charge in [0.2, 0.25) is 5.91 Å². The molecule has 0 aliphatic heterocycles. The van der Waals surface area contributed by atoms with Gasteiger partial charge in [-0.3, -0.25) is 4.79 Å². The van der Waals surface area contributed by atoms with E-state index in [4.69, 9.17) is 9.84 Å². The maximum Gasteiger partial charge on any atom is 0.243 e. The molecule has 0 aromatic heterocycles. The number of carbonyl (C=O) groups is 1. The Bertz CT molecular complexity index is 493. The summed E-state index contributed by atoms with van der Waals surface area (Å²) in [4.78, 5) is 11.9. The van der Waals surface area contributed by atoms with E-state index in [2.05, 4.69) is 5.32 Å². The number of hydrogen-bond acceptors (Lipinski definition) is 3. The molecule has 1 aliphatic carbocycles. The Labute approximate surface area is 132 Å². The molecule has 1 aliphatic rings. The fraction of sp³-hybridized carbons (Fsp3) is 0.500. The van der Waals surface area contributed by atoms with Gasteiger partial charge in [0, 0.05) is 12.1 Å². The Kier molecular flexibility index (Phi) is 6.97. The average molecular weight is 303 g/mol. The molecule has 4 heteroatoms. The van der Waals surface area contributed by atoms with Gasteiger partial charge in [0.05, 0.1) is 6.61 Å². The van der Waals surface area contributed by atoms with Crippen molar-refractivity contribution in [2.24, 2.45) is 5.92 Å². The molecule has 1 amide bonds. The van der Waals surface area contributed by atoms with E-state index in [1.165, 1.54) is 32.1 Å². The van der Waals surface area contributed by atoms with Crippen LogP contribution in [0.25, 0.3) is 0 Å². The van der Waals surface area contributed by atoms with Crippen LogP contribution in [0, 0.1) is 5.92 Å². The van der Waals surface area contributed by atoms with Gasteiger partial charge in [-0.25, -0.2) is 0 Å². The molecule has 0 spiro atoms. The van der Waals surface area contributed by atoms with E-state index in [0.717, 1.165) is 5.56 Å². The molecule has 2 rings (SSSR count). The van der Waals surface area contributed by atoms with E-state index < -0.39 is 0 Å². The number of benzene rings is 1. The van der Waals surface area contributed by atoms with Crippen LogP contribution in [-0.4, -0.2) is 24.2 Å². The minimum Gasteiger partial charge on any atom is -0.491 e. The lowest BCUT2D eigenvalue weighted by atomic mass is 9.89. The quantitative estimate of drug-likeness (QED) is 0.762. The summed E-state index contributed by atoms with van der Waals surface area (Å²) in [6, 6.07) is 7.54. The standard InChI is InChI=1S/C18H25NO3/c20-12-13-22-17-9-5-4-8-16(17)14-19-18(21)11-10-15-6-2-1-3-7-15/h4-5,8-11,15,20H,1-3,6-7,12-14H2,(H,19,21)/b11-10+. The van der Waals surface area contributed by atoms with Gasteiger partial charge in [0.25, 0.3) is 0 Å². The molecule has 0 saturated heterocycles. The lowest BCUT2D eigenvalue weighted by Gasteiger charge is -2.17. The van der Waals surface area contributed by atoms with Crippen molar-refractivity contribution in [2.75, 3.05) is 13.2 Å². The molecule has 4 nitrogen and oxygen atoms in total. The van der Waals surface area contributed by atoms with Gasteiger partial charge in [0.15, 0.2) is 0 Å². The Morgan fingerprint density at radius 3 is 2.82 bits per heavy atom. The fourth-order valence-corrected chi connectivity index (χ4v) is 2.74. The van der Waals surface area contributed by atoms with E-state index in [0.29, 0.717) is 18.2 Å². The van der Waals surface area contributed by atoms with Crippen LogP contribution in [0.5, 0.6) is 5.75 Å². The third kappa shape index (κ3) is 5.53. The number of aliphatic hydroxyl groups excluding tert-OH is 1. The highest BCUT2D eigenvalue weighted by atomic mass is 16.5. The molecule has 1 aromatic rings. The number of rotatable bonds is 7. The molecule has 120 valence electrons. The lowest BCUT2D eigenvalue weighted by molar-refractivity contribution is -0.116. The van der Waals surface area contributed by atoms with Crippen molar-refractivity contribution in [3.63, 3.8) is 0 Å². The fourth-order valence-electron chi connectivity index (χ4n) is 2.74. The summed E-state index contributed by atoms with van der Waals surface area (Å²) >= 11 is 0. The SMILES string of the molecule is O=C(/C=C/C1CCCCC1)NCc1ccccc1OCCO. The zero-order valence-corrected chi connectivity index (χ0v) is 13.0. The molecule has 2 N–H and O–H groups in total. The van der Waals surface area contributed by atoms with Gasteiger partial charge in [-0.2, -0.15) is 0 Å². The van der Waals surface area contributed by atoms with E-state index in [9.17, 15) is 4.79 Å². The molecule has 0 heterocycles. The van der Waals surface area contributed by atoms with Crippen molar-refractivity contribution in [1.29, 1.82) is 0 Å². The predicted octanol–water partition coefficient (Wildman–Crippen LogP) is 2.81. The number of aliphatic hydroxyl groups is 1. The van der Waals surface area contributed by atoms with Crippen LogP contribution in [0.3, 0.4) is 0 Å².